The van der Waals surface area contributed by atoms with Crippen molar-refractivity contribution in [3.05, 3.63) is 89.5 Å². The fourth-order valence-corrected chi connectivity index (χ4v) is 6.17. The maximum atomic E-state index is 13.7. The molecule has 2 aliphatic heterocycles. The summed E-state index contributed by atoms with van der Waals surface area (Å²) < 4.78 is 2.07. The number of nitrogens with one attached hydrogen (secondary N) is 1. The molecular formula is C28H33N5O2. The minimum absolute atomic E-state index is 0.0168. The quantitative estimate of drug-likeness (QED) is 0.620. The van der Waals surface area contributed by atoms with Gasteiger partial charge in [-0.25, -0.2) is 4.98 Å². The molecule has 2 saturated heterocycles. The fraction of sp³-hybridized carbons (Fsp3) is 0.393. The maximum absolute atomic E-state index is 13.7. The van der Waals surface area contributed by atoms with E-state index in [0.29, 0.717) is 31.7 Å². The number of rotatable bonds is 5. The van der Waals surface area contributed by atoms with E-state index in [1.165, 1.54) is 5.56 Å². The van der Waals surface area contributed by atoms with Crippen LogP contribution in [0, 0.1) is 12.8 Å². The van der Waals surface area contributed by atoms with Crippen LogP contribution in [0.4, 0.5) is 0 Å². The molecule has 3 heterocycles. The fourth-order valence-electron chi connectivity index (χ4n) is 6.17. The molecular weight excluding hydrogens is 438 g/mol. The molecule has 0 aliphatic carbocycles. The van der Waals surface area contributed by atoms with Crippen LogP contribution in [0.5, 0.6) is 0 Å². The molecule has 2 aromatic carbocycles. The van der Waals surface area contributed by atoms with Crippen molar-refractivity contribution in [1.29, 1.82) is 0 Å². The Kier molecular flexibility index (Phi) is 6.19. The summed E-state index contributed by atoms with van der Waals surface area (Å²) >= 11 is 0. The lowest BCUT2D eigenvalue weighted by atomic mass is 9.75. The normalized spacial score (nSPS) is 24.3. The van der Waals surface area contributed by atoms with Gasteiger partial charge >= 0.3 is 0 Å². The summed E-state index contributed by atoms with van der Waals surface area (Å²) in [6.07, 6.45) is 4.58. The predicted molar refractivity (Wildman–Crippen MR) is 135 cm³/mol. The molecule has 2 fully saturated rings. The number of aromatic nitrogens is 2. The molecule has 5 rings (SSSR count). The number of imidazole rings is 1. The molecule has 0 bridgehead atoms. The molecule has 7 nitrogen and oxygen atoms in total. The van der Waals surface area contributed by atoms with Crippen LogP contribution in [0.2, 0.25) is 0 Å². The van der Waals surface area contributed by atoms with E-state index in [2.05, 4.69) is 51.1 Å². The van der Waals surface area contributed by atoms with Crippen molar-refractivity contribution in [1.82, 2.24) is 24.7 Å². The monoisotopic (exact) mass is 471 g/mol. The zero-order chi connectivity index (χ0) is 24.6. The molecule has 3 atom stereocenters. The van der Waals surface area contributed by atoms with Crippen LogP contribution >= 0.6 is 0 Å². The van der Waals surface area contributed by atoms with Gasteiger partial charge in [-0.3, -0.25) is 14.5 Å². The topological polar surface area (TPSA) is 70.5 Å². The number of carbonyl (C=O) groups excluding carboxylic acids is 2. The number of fused-ring (bicyclic) bond motifs is 1. The Hall–Kier alpha value is -3.45. The van der Waals surface area contributed by atoms with Crippen LogP contribution in [0.1, 0.15) is 46.7 Å². The van der Waals surface area contributed by atoms with Crippen molar-refractivity contribution >= 4 is 11.8 Å². The van der Waals surface area contributed by atoms with Gasteiger partial charge in [-0.2, -0.15) is 0 Å². The molecule has 35 heavy (non-hydrogen) atoms. The minimum atomic E-state index is -0.472. The molecule has 0 unspecified atom stereocenters. The summed E-state index contributed by atoms with van der Waals surface area (Å²) in [5.74, 6) is 1.14. The second kappa shape index (κ2) is 9.30. The van der Waals surface area contributed by atoms with Crippen molar-refractivity contribution in [3.8, 4) is 0 Å². The SMILES string of the molecule is CC(=O)N[C@@]12CN(C(=O)c3cccc(Cn4ccnc4C)c3)CC[C@@H]1[C@@H](c1ccccc1)N(C)C2. The highest BCUT2D eigenvalue weighted by molar-refractivity contribution is 5.94. The van der Waals surface area contributed by atoms with E-state index in [1.54, 1.807) is 13.1 Å². The zero-order valence-electron chi connectivity index (χ0n) is 20.6. The smallest absolute Gasteiger partial charge is 0.253 e. The van der Waals surface area contributed by atoms with Gasteiger partial charge in [0.1, 0.15) is 5.82 Å². The van der Waals surface area contributed by atoms with Crippen molar-refractivity contribution in [2.24, 2.45) is 5.92 Å². The lowest BCUT2D eigenvalue weighted by Gasteiger charge is -2.45. The first kappa shape index (κ1) is 23.3. The summed E-state index contributed by atoms with van der Waals surface area (Å²) in [5.41, 5.74) is 2.53. The van der Waals surface area contributed by atoms with Crippen molar-refractivity contribution < 1.29 is 9.59 Å². The number of amides is 2. The van der Waals surface area contributed by atoms with Gasteiger partial charge in [0.2, 0.25) is 5.91 Å². The van der Waals surface area contributed by atoms with Crippen LogP contribution in [0.3, 0.4) is 0 Å². The lowest BCUT2D eigenvalue weighted by Crippen LogP contribution is -2.64. The second-order valence-corrected chi connectivity index (χ2v) is 10.0. The Labute approximate surface area is 206 Å². The Balaban J connectivity index is 1.39. The van der Waals surface area contributed by atoms with E-state index in [0.717, 1.165) is 17.8 Å². The van der Waals surface area contributed by atoms with Crippen LogP contribution in [0.25, 0.3) is 0 Å². The van der Waals surface area contributed by atoms with Crippen molar-refractivity contribution in [2.75, 3.05) is 26.7 Å². The number of aryl methyl sites for hydroxylation is 1. The third-order valence-electron chi connectivity index (χ3n) is 7.58. The summed E-state index contributed by atoms with van der Waals surface area (Å²) in [4.78, 5) is 34.5. The van der Waals surface area contributed by atoms with Crippen molar-refractivity contribution in [3.63, 3.8) is 0 Å². The number of benzene rings is 2. The second-order valence-electron chi connectivity index (χ2n) is 10.0. The number of likely N-dealkylation sites (N-methyl/N-ethyl adjacent to an activating group) is 1. The molecule has 0 radical (unpaired) electrons. The third-order valence-corrected chi connectivity index (χ3v) is 7.58. The van der Waals surface area contributed by atoms with Gasteiger partial charge < -0.3 is 14.8 Å². The minimum Gasteiger partial charge on any atom is -0.347 e. The maximum Gasteiger partial charge on any atom is 0.253 e. The first-order valence-electron chi connectivity index (χ1n) is 12.3. The standard InChI is InChI=1S/C28H33N5O2/c1-20-29-13-15-32(20)17-22-8-7-11-24(16-22)27(35)33-14-12-25-26(23-9-5-4-6-10-23)31(3)18-28(25,19-33)30-21(2)34/h4-11,13,15-16,25-26H,12,14,17-19H2,1-3H3,(H,30,34)/t25-,26-,28+/m1/s1. The Morgan fingerprint density at radius 3 is 2.63 bits per heavy atom. The number of hydrogen-bond donors (Lipinski definition) is 1. The van der Waals surface area contributed by atoms with Gasteiger partial charge in [0.15, 0.2) is 0 Å². The third kappa shape index (κ3) is 4.48. The predicted octanol–water partition coefficient (Wildman–Crippen LogP) is 3.26. The molecule has 1 aromatic heterocycles. The van der Waals surface area contributed by atoms with Crippen LogP contribution in [-0.2, 0) is 11.3 Å². The number of piperidine rings is 1. The highest BCUT2D eigenvalue weighted by Gasteiger charge is 2.55. The van der Waals surface area contributed by atoms with Gasteiger partial charge in [-0.05, 0) is 43.7 Å². The molecule has 2 amide bonds. The highest BCUT2D eigenvalue weighted by Crippen LogP contribution is 2.46. The summed E-state index contributed by atoms with van der Waals surface area (Å²) in [5, 5.41) is 3.29. The van der Waals surface area contributed by atoms with E-state index >= 15 is 0 Å². The largest absolute Gasteiger partial charge is 0.347 e. The van der Waals surface area contributed by atoms with E-state index in [4.69, 9.17) is 0 Å². The Morgan fingerprint density at radius 2 is 1.91 bits per heavy atom. The molecule has 182 valence electrons. The van der Waals surface area contributed by atoms with E-state index < -0.39 is 5.54 Å². The van der Waals surface area contributed by atoms with Gasteiger partial charge in [0.25, 0.3) is 5.91 Å². The number of nitrogens with zero attached hydrogens (tertiary/aromatic N) is 4. The molecule has 3 aromatic rings. The van der Waals surface area contributed by atoms with Gasteiger partial charge in [0, 0.05) is 63.0 Å². The highest BCUT2D eigenvalue weighted by atomic mass is 16.2. The van der Waals surface area contributed by atoms with Gasteiger partial charge in [0.05, 0.1) is 5.54 Å². The number of hydrogen-bond acceptors (Lipinski definition) is 4. The van der Waals surface area contributed by atoms with Crippen LogP contribution in [-0.4, -0.2) is 63.4 Å². The average molecular weight is 472 g/mol. The summed E-state index contributed by atoms with van der Waals surface area (Å²) in [6.45, 7) is 6.11. The molecule has 0 saturated carbocycles. The van der Waals surface area contributed by atoms with Crippen molar-refractivity contribution in [2.45, 2.75) is 38.4 Å². The molecule has 7 heteroatoms. The first-order valence-corrected chi connectivity index (χ1v) is 12.3. The van der Waals surface area contributed by atoms with E-state index in [9.17, 15) is 9.59 Å². The van der Waals surface area contributed by atoms with Crippen LogP contribution in [0.15, 0.2) is 67.0 Å². The number of likely N-dealkylation sites (tertiary alicyclic amines) is 2. The lowest BCUT2D eigenvalue weighted by molar-refractivity contribution is -0.122. The molecule has 1 N–H and O–H groups in total. The molecule has 2 aliphatic rings. The zero-order valence-corrected chi connectivity index (χ0v) is 20.6. The first-order chi connectivity index (χ1) is 16.9. The number of carbonyl (C=O) groups is 2. The average Bonchev–Trinajstić information content (AvgIpc) is 3.37. The Morgan fingerprint density at radius 1 is 1.11 bits per heavy atom. The molecule has 0 spiro atoms. The van der Waals surface area contributed by atoms with Gasteiger partial charge in [-0.15, -0.1) is 0 Å². The van der Waals surface area contributed by atoms with Crippen LogP contribution < -0.4 is 5.32 Å². The van der Waals surface area contributed by atoms with E-state index in [-0.39, 0.29) is 23.8 Å². The summed E-state index contributed by atoms with van der Waals surface area (Å²) in [7, 11) is 2.12. The summed E-state index contributed by atoms with van der Waals surface area (Å²) in [6, 6.07) is 18.6. The van der Waals surface area contributed by atoms with E-state index in [1.807, 2.05) is 48.4 Å². The van der Waals surface area contributed by atoms with Gasteiger partial charge in [-0.1, -0.05) is 42.5 Å². The Bertz CT molecular complexity index is 1220.